The Bertz CT molecular complexity index is 871. The van der Waals surface area contributed by atoms with Gasteiger partial charge in [0.2, 0.25) is 5.95 Å². The lowest BCUT2D eigenvalue weighted by molar-refractivity contribution is 0.355. The van der Waals surface area contributed by atoms with E-state index in [0.29, 0.717) is 29.0 Å². The number of benzene rings is 2. The van der Waals surface area contributed by atoms with Crippen LogP contribution in [0.25, 0.3) is 11.3 Å². The van der Waals surface area contributed by atoms with E-state index < -0.39 is 0 Å². The Labute approximate surface area is 151 Å². The summed E-state index contributed by atoms with van der Waals surface area (Å²) in [5, 5.41) is 3.92. The molecule has 0 atom stereocenters. The number of nitrogens with one attached hydrogen (secondary N) is 1. The van der Waals surface area contributed by atoms with Crippen LogP contribution in [0.5, 0.6) is 11.5 Å². The molecule has 0 unspecified atom stereocenters. The maximum atomic E-state index is 6.00. The first-order valence-corrected chi connectivity index (χ1v) is 8.11. The van der Waals surface area contributed by atoms with Gasteiger partial charge in [-0.05, 0) is 42.0 Å². The molecule has 0 aliphatic heterocycles. The molecule has 3 rings (SSSR count). The molecule has 1 N–H and O–H groups in total. The van der Waals surface area contributed by atoms with Gasteiger partial charge in [-0.1, -0.05) is 23.7 Å². The van der Waals surface area contributed by atoms with Gasteiger partial charge in [0.15, 0.2) is 11.5 Å². The zero-order chi connectivity index (χ0) is 17.6. The van der Waals surface area contributed by atoms with Gasteiger partial charge in [0.25, 0.3) is 0 Å². The summed E-state index contributed by atoms with van der Waals surface area (Å²) < 4.78 is 10.6. The third-order valence-corrected chi connectivity index (χ3v) is 3.91. The average molecular weight is 356 g/mol. The maximum absolute atomic E-state index is 6.00. The van der Waals surface area contributed by atoms with E-state index in [-0.39, 0.29) is 0 Å². The second-order valence-electron chi connectivity index (χ2n) is 5.32. The lowest BCUT2D eigenvalue weighted by atomic mass is 10.1. The number of ether oxygens (including phenoxy) is 2. The molecule has 6 heteroatoms. The quantitative estimate of drug-likeness (QED) is 0.709. The van der Waals surface area contributed by atoms with E-state index in [1.807, 2.05) is 48.5 Å². The molecule has 0 radical (unpaired) electrons. The Morgan fingerprint density at radius 1 is 1.00 bits per heavy atom. The summed E-state index contributed by atoms with van der Waals surface area (Å²) in [4.78, 5) is 8.83. The molecule has 2 aromatic carbocycles. The average Bonchev–Trinajstić information content (AvgIpc) is 2.66. The maximum Gasteiger partial charge on any atom is 0.223 e. The van der Waals surface area contributed by atoms with Crippen LogP contribution in [0, 0.1) is 0 Å². The SMILES string of the molecule is COc1ccc(-c2ccnc(NCc3cccc(Cl)c3)n2)cc1OC. The van der Waals surface area contributed by atoms with Crippen molar-refractivity contribution in [1.29, 1.82) is 0 Å². The van der Waals surface area contributed by atoms with Crippen LogP contribution in [0.1, 0.15) is 5.56 Å². The van der Waals surface area contributed by atoms with E-state index in [1.165, 1.54) is 0 Å². The summed E-state index contributed by atoms with van der Waals surface area (Å²) in [5.74, 6) is 1.89. The Balaban J connectivity index is 1.79. The highest BCUT2D eigenvalue weighted by atomic mass is 35.5. The van der Waals surface area contributed by atoms with Gasteiger partial charge in [0.1, 0.15) is 0 Å². The molecule has 0 aliphatic rings. The van der Waals surface area contributed by atoms with Crippen LogP contribution in [-0.2, 0) is 6.54 Å². The first kappa shape index (κ1) is 17.0. The fourth-order valence-corrected chi connectivity index (χ4v) is 2.64. The van der Waals surface area contributed by atoms with Gasteiger partial charge in [0, 0.05) is 23.3 Å². The summed E-state index contributed by atoms with van der Waals surface area (Å²) in [5.41, 5.74) is 2.78. The lowest BCUT2D eigenvalue weighted by Gasteiger charge is -2.10. The van der Waals surface area contributed by atoms with Gasteiger partial charge in [-0.15, -0.1) is 0 Å². The minimum Gasteiger partial charge on any atom is -0.493 e. The molecule has 128 valence electrons. The van der Waals surface area contributed by atoms with Gasteiger partial charge in [-0.3, -0.25) is 0 Å². The molecule has 0 saturated heterocycles. The zero-order valence-electron chi connectivity index (χ0n) is 14.0. The molecular formula is C19H18ClN3O2. The van der Waals surface area contributed by atoms with Crippen LogP contribution in [0.2, 0.25) is 5.02 Å². The Kier molecular flexibility index (Phi) is 5.36. The third kappa shape index (κ3) is 4.19. The summed E-state index contributed by atoms with van der Waals surface area (Å²) >= 11 is 6.00. The third-order valence-electron chi connectivity index (χ3n) is 3.67. The minimum absolute atomic E-state index is 0.548. The second-order valence-corrected chi connectivity index (χ2v) is 5.76. The number of methoxy groups -OCH3 is 2. The largest absolute Gasteiger partial charge is 0.493 e. The number of hydrogen-bond donors (Lipinski definition) is 1. The Hall–Kier alpha value is -2.79. The molecular weight excluding hydrogens is 338 g/mol. The molecule has 1 aromatic heterocycles. The highest BCUT2D eigenvalue weighted by Crippen LogP contribution is 2.31. The van der Waals surface area contributed by atoms with E-state index in [0.717, 1.165) is 16.8 Å². The Morgan fingerprint density at radius 2 is 1.84 bits per heavy atom. The van der Waals surface area contributed by atoms with E-state index in [2.05, 4.69) is 15.3 Å². The monoisotopic (exact) mass is 355 g/mol. The van der Waals surface area contributed by atoms with Crippen molar-refractivity contribution in [2.24, 2.45) is 0 Å². The van der Waals surface area contributed by atoms with Gasteiger partial charge in [0.05, 0.1) is 19.9 Å². The zero-order valence-corrected chi connectivity index (χ0v) is 14.7. The predicted octanol–water partition coefficient (Wildman–Crippen LogP) is 4.43. The molecule has 0 spiro atoms. The number of halogens is 1. The van der Waals surface area contributed by atoms with E-state index in [1.54, 1.807) is 20.4 Å². The minimum atomic E-state index is 0.548. The molecule has 0 amide bonds. The predicted molar refractivity (Wildman–Crippen MR) is 99.4 cm³/mol. The van der Waals surface area contributed by atoms with Crippen molar-refractivity contribution in [3.05, 3.63) is 65.3 Å². The van der Waals surface area contributed by atoms with Gasteiger partial charge >= 0.3 is 0 Å². The number of anilines is 1. The van der Waals surface area contributed by atoms with E-state index >= 15 is 0 Å². The highest BCUT2D eigenvalue weighted by Gasteiger charge is 2.08. The molecule has 0 saturated carbocycles. The summed E-state index contributed by atoms with van der Waals surface area (Å²) in [6.45, 7) is 0.593. The first-order valence-electron chi connectivity index (χ1n) is 7.73. The number of hydrogen-bond acceptors (Lipinski definition) is 5. The van der Waals surface area contributed by atoms with Crippen LogP contribution < -0.4 is 14.8 Å². The topological polar surface area (TPSA) is 56.3 Å². The molecule has 0 bridgehead atoms. The van der Waals surface area contributed by atoms with Crippen LogP contribution in [0.15, 0.2) is 54.7 Å². The standard InChI is InChI=1S/C19H18ClN3O2/c1-24-17-7-6-14(11-18(17)25-2)16-8-9-21-19(23-16)22-12-13-4-3-5-15(20)10-13/h3-11H,12H2,1-2H3,(H,21,22,23). The highest BCUT2D eigenvalue weighted by molar-refractivity contribution is 6.30. The van der Waals surface area contributed by atoms with Crippen molar-refractivity contribution in [3.63, 3.8) is 0 Å². The van der Waals surface area contributed by atoms with Crippen molar-refractivity contribution in [2.45, 2.75) is 6.54 Å². The van der Waals surface area contributed by atoms with Crippen LogP contribution in [-0.4, -0.2) is 24.2 Å². The summed E-state index contributed by atoms with van der Waals surface area (Å²) in [6.07, 6.45) is 1.72. The van der Waals surface area contributed by atoms with E-state index in [4.69, 9.17) is 21.1 Å². The number of aromatic nitrogens is 2. The van der Waals surface area contributed by atoms with Crippen LogP contribution >= 0.6 is 11.6 Å². The fraction of sp³-hybridized carbons (Fsp3) is 0.158. The smallest absolute Gasteiger partial charge is 0.223 e. The molecule has 0 fully saturated rings. The molecule has 3 aromatic rings. The molecule has 25 heavy (non-hydrogen) atoms. The van der Waals surface area contributed by atoms with Crippen molar-refractivity contribution in [2.75, 3.05) is 19.5 Å². The number of nitrogens with zero attached hydrogens (tertiary/aromatic N) is 2. The van der Waals surface area contributed by atoms with Crippen molar-refractivity contribution in [1.82, 2.24) is 9.97 Å². The van der Waals surface area contributed by atoms with Gasteiger partial charge in [-0.2, -0.15) is 0 Å². The molecule has 0 aliphatic carbocycles. The first-order chi connectivity index (χ1) is 12.2. The normalized spacial score (nSPS) is 10.4. The van der Waals surface area contributed by atoms with Gasteiger partial charge < -0.3 is 14.8 Å². The van der Waals surface area contributed by atoms with Crippen molar-refractivity contribution < 1.29 is 9.47 Å². The fourth-order valence-electron chi connectivity index (χ4n) is 2.43. The van der Waals surface area contributed by atoms with Crippen molar-refractivity contribution >= 4 is 17.5 Å². The summed E-state index contributed by atoms with van der Waals surface area (Å²) in [6, 6.07) is 15.2. The summed E-state index contributed by atoms with van der Waals surface area (Å²) in [7, 11) is 3.22. The second kappa shape index (κ2) is 7.85. The van der Waals surface area contributed by atoms with Gasteiger partial charge in [-0.25, -0.2) is 9.97 Å². The number of rotatable bonds is 6. The molecule has 5 nitrogen and oxygen atoms in total. The van der Waals surface area contributed by atoms with Crippen LogP contribution in [0.4, 0.5) is 5.95 Å². The van der Waals surface area contributed by atoms with Crippen LogP contribution in [0.3, 0.4) is 0 Å². The molecule has 1 heterocycles. The lowest BCUT2D eigenvalue weighted by Crippen LogP contribution is -2.04. The van der Waals surface area contributed by atoms with Crippen molar-refractivity contribution in [3.8, 4) is 22.8 Å². The van der Waals surface area contributed by atoms with E-state index in [9.17, 15) is 0 Å². The Morgan fingerprint density at radius 3 is 2.60 bits per heavy atom.